The van der Waals surface area contributed by atoms with Crippen molar-refractivity contribution in [1.82, 2.24) is 10.2 Å². The van der Waals surface area contributed by atoms with Crippen LogP contribution in [-0.2, 0) is 5.41 Å². The summed E-state index contributed by atoms with van der Waals surface area (Å²) in [6.45, 7) is 6.41. The van der Waals surface area contributed by atoms with Gasteiger partial charge in [-0.1, -0.05) is 32.4 Å². The minimum Gasteiger partial charge on any atom is -0.494 e. The van der Waals surface area contributed by atoms with Crippen LogP contribution in [0.5, 0.6) is 5.75 Å². The lowest BCUT2D eigenvalue weighted by Crippen LogP contribution is -2.11. The number of nitrogen functional groups attached to an aromatic ring is 1. The summed E-state index contributed by atoms with van der Waals surface area (Å²) in [5.74, 6) is 1.06. The summed E-state index contributed by atoms with van der Waals surface area (Å²) in [5, 5.41) is 7.41. The van der Waals surface area contributed by atoms with Gasteiger partial charge in [0.2, 0.25) is 0 Å². The lowest BCUT2D eigenvalue weighted by molar-refractivity contribution is 0.416. The summed E-state index contributed by atoms with van der Waals surface area (Å²) in [5.41, 5.74) is 8.43. The Labute approximate surface area is 117 Å². The standard InChI is InChI=1S/C14H18ClN3O/c1-14(2,3)8-5-9(11-7-12(16)18-17-11)13(19-4)10(15)6-8/h5-7H,1-4H3,(H3,16,17,18). The maximum atomic E-state index is 6.31. The summed E-state index contributed by atoms with van der Waals surface area (Å²) >= 11 is 6.31. The number of ether oxygens (including phenoxy) is 1. The number of aromatic amines is 1. The highest BCUT2D eigenvalue weighted by Crippen LogP contribution is 2.39. The highest BCUT2D eigenvalue weighted by molar-refractivity contribution is 6.32. The number of halogens is 1. The zero-order valence-electron chi connectivity index (χ0n) is 11.5. The first-order valence-electron chi connectivity index (χ1n) is 6.02. The van der Waals surface area contributed by atoms with Gasteiger partial charge in [-0.05, 0) is 23.1 Å². The Kier molecular flexibility index (Phi) is 3.45. The quantitative estimate of drug-likeness (QED) is 0.882. The second kappa shape index (κ2) is 4.78. The molecule has 0 bridgehead atoms. The Bertz CT molecular complexity index is 599. The molecule has 0 fully saturated rings. The first-order valence-corrected chi connectivity index (χ1v) is 6.40. The third-order valence-electron chi connectivity index (χ3n) is 3.00. The minimum atomic E-state index is -0.00374. The molecule has 2 rings (SSSR count). The van der Waals surface area contributed by atoms with Crippen molar-refractivity contribution >= 4 is 17.4 Å². The summed E-state index contributed by atoms with van der Waals surface area (Å²) in [6, 6.07) is 5.75. The van der Waals surface area contributed by atoms with Crippen LogP contribution in [0, 0.1) is 0 Å². The van der Waals surface area contributed by atoms with E-state index < -0.39 is 0 Å². The van der Waals surface area contributed by atoms with Gasteiger partial charge in [-0.25, -0.2) is 0 Å². The van der Waals surface area contributed by atoms with Crippen molar-refractivity contribution in [3.05, 3.63) is 28.8 Å². The number of hydrogen-bond acceptors (Lipinski definition) is 3. The Hall–Kier alpha value is -1.68. The molecule has 1 aromatic heterocycles. The van der Waals surface area contributed by atoms with Gasteiger partial charge in [-0.2, -0.15) is 5.10 Å². The molecule has 0 aliphatic carbocycles. The van der Waals surface area contributed by atoms with Gasteiger partial charge in [0.15, 0.2) is 0 Å². The van der Waals surface area contributed by atoms with Crippen molar-refractivity contribution in [1.29, 1.82) is 0 Å². The maximum absolute atomic E-state index is 6.31. The molecule has 102 valence electrons. The zero-order valence-corrected chi connectivity index (χ0v) is 12.3. The van der Waals surface area contributed by atoms with Crippen LogP contribution < -0.4 is 10.5 Å². The van der Waals surface area contributed by atoms with Gasteiger partial charge >= 0.3 is 0 Å². The number of nitrogens with zero attached hydrogens (tertiary/aromatic N) is 1. The van der Waals surface area contributed by atoms with E-state index in [-0.39, 0.29) is 5.41 Å². The number of rotatable bonds is 2. The van der Waals surface area contributed by atoms with E-state index in [4.69, 9.17) is 22.1 Å². The Morgan fingerprint density at radius 1 is 1.26 bits per heavy atom. The Balaban J connectivity index is 2.66. The second-order valence-corrected chi connectivity index (χ2v) is 5.90. The van der Waals surface area contributed by atoms with Crippen LogP contribution in [0.15, 0.2) is 18.2 Å². The van der Waals surface area contributed by atoms with E-state index in [1.807, 2.05) is 6.07 Å². The normalized spacial score (nSPS) is 11.6. The van der Waals surface area contributed by atoms with Gasteiger partial charge < -0.3 is 10.5 Å². The van der Waals surface area contributed by atoms with Gasteiger partial charge in [0.25, 0.3) is 0 Å². The van der Waals surface area contributed by atoms with Crippen LogP contribution in [0.25, 0.3) is 11.3 Å². The average Bonchev–Trinajstić information content (AvgIpc) is 2.73. The third kappa shape index (κ3) is 2.68. The molecule has 19 heavy (non-hydrogen) atoms. The van der Waals surface area contributed by atoms with Gasteiger partial charge in [-0.3, -0.25) is 5.10 Å². The predicted molar refractivity (Wildman–Crippen MR) is 78.7 cm³/mol. The largest absolute Gasteiger partial charge is 0.494 e. The second-order valence-electron chi connectivity index (χ2n) is 5.50. The van der Waals surface area contributed by atoms with Crippen LogP contribution in [0.1, 0.15) is 26.3 Å². The number of nitrogens with two attached hydrogens (primary N) is 1. The highest BCUT2D eigenvalue weighted by Gasteiger charge is 2.20. The van der Waals surface area contributed by atoms with Crippen molar-refractivity contribution in [2.45, 2.75) is 26.2 Å². The molecule has 0 spiro atoms. The monoisotopic (exact) mass is 279 g/mol. The van der Waals surface area contributed by atoms with Crippen LogP contribution >= 0.6 is 11.6 Å². The van der Waals surface area contributed by atoms with Crippen LogP contribution in [0.2, 0.25) is 5.02 Å². The topological polar surface area (TPSA) is 63.9 Å². The number of H-pyrrole nitrogens is 1. The molecule has 1 heterocycles. The molecule has 4 nitrogen and oxygen atoms in total. The summed E-state index contributed by atoms with van der Waals surface area (Å²) in [6.07, 6.45) is 0. The highest BCUT2D eigenvalue weighted by atomic mass is 35.5. The van der Waals surface area contributed by atoms with Crippen molar-refractivity contribution in [2.75, 3.05) is 12.8 Å². The third-order valence-corrected chi connectivity index (χ3v) is 3.28. The van der Waals surface area contributed by atoms with Gasteiger partial charge in [0.05, 0.1) is 17.8 Å². The number of nitrogens with one attached hydrogen (secondary N) is 1. The Morgan fingerprint density at radius 2 is 1.95 bits per heavy atom. The molecule has 0 radical (unpaired) electrons. The van der Waals surface area contributed by atoms with E-state index in [0.717, 1.165) is 16.8 Å². The molecule has 3 N–H and O–H groups in total. The number of anilines is 1. The molecule has 0 aliphatic rings. The fourth-order valence-corrected chi connectivity index (χ4v) is 2.21. The number of benzene rings is 1. The van der Waals surface area contributed by atoms with E-state index in [0.29, 0.717) is 16.6 Å². The SMILES string of the molecule is COc1c(Cl)cc(C(C)(C)C)cc1-c1cc(N)n[nH]1. The van der Waals surface area contributed by atoms with Gasteiger partial charge in [0, 0.05) is 11.6 Å². The van der Waals surface area contributed by atoms with Crippen LogP contribution in [0.4, 0.5) is 5.82 Å². The predicted octanol–water partition coefficient (Wildman–Crippen LogP) is 3.62. The van der Waals surface area contributed by atoms with Crippen molar-refractivity contribution in [3.8, 4) is 17.0 Å². The van der Waals surface area contributed by atoms with E-state index in [1.165, 1.54) is 0 Å². The first kappa shape index (κ1) is 13.7. The molecule has 0 saturated heterocycles. The van der Waals surface area contributed by atoms with E-state index in [1.54, 1.807) is 13.2 Å². The first-order chi connectivity index (χ1) is 8.82. The van der Waals surface area contributed by atoms with Crippen molar-refractivity contribution in [3.63, 3.8) is 0 Å². The summed E-state index contributed by atoms with van der Waals surface area (Å²) < 4.78 is 5.39. The maximum Gasteiger partial charge on any atom is 0.146 e. The van der Waals surface area contributed by atoms with Gasteiger partial charge in [0.1, 0.15) is 11.6 Å². The Morgan fingerprint density at radius 3 is 2.42 bits per heavy atom. The molecule has 1 aromatic carbocycles. The minimum absolute atomic E-state index is 0.00374. The summed E-state index contributed by atoms with van der Waals surface area (Å²) in [7, 11) is 1.60. The molecule has 0 aliphatic heterocycles. The number of methoxy groups -OCH3 is 1. The lowest BCUT2D eigenvalue weighted by Gasteiger charge is -2.21. The molecular weight excluding hydrogens is 262 g/mol. The lowest BCUT2D eigenvalue weighted by atomic mass is 9.85. The molecule has 2 aromatic rings. The van der Waals surface area contributed by atoms with Crippen molar-refractivity contribution < 1.29 is 4.74 Å². The molecule has 0 unspecified atom stereocenters. The summed E-state index contributed by atoms with van der Waals surface area (Å²) in [4.78, 5) is 0. The smallest absolute Gasteiger partial charge is 0.146 e. The average molecular weight is 280 g/mol. The molecule has 0 atom stereocenters. The molecule has 5 heteroatoms. The van der Waals surface area contributed by atoms with Crippen LogP contribution in [-0.4, -0.2) is 17.3 Å². The molecular formula is C14H18ClN3O. The van der Waals surface area contributed by atoms with Gasteiger partial charge in [-0.15, -0.1) is 0 Å². The fourth-order valence-electron chi connectivity index (χ4n) is 1.91. The number of aromatic nitrogens is 2. The number of hydrogen-bond donors (Lipinski definition) is 2. The van der Waals surface area contributed by atoms with E-state index >= 15 is 0 Å². The molecule has 0 amide bonds. The fraction of sp³-hybridized carbons (Fsp3) is 0.357. The van der Waals surface area contributed by atoms with E-state index in [9.17, 15) is 0 Å². The zero-order chi connectivity index (χ0) is 14.2. The molecule has 0 saturated carbocycles. The van der Waals surface area contributed by atoms with E-state index in [2.05, 4.69) is 37.0 Å². The van der Waals surface area contributed by atoms with Crippen molar-refractivity contribution in [2.24, 2.45) is 0 Å². The van der Waals surface area contributed by atoms with Crippen LogP contribution in [0.3, 0.4) is 0 Å².